The fraction of sp³-hybridized carbons (Fsp3) is 0.562. The number of carbonyl (C=O) groups excluding carboxylic acids is 1. The van der Waals surface area contributed by atoms with Crippen LogP contribution in [0.5, 0.6) is 0 Å². The summed E-state index contributed by atoms with van der Waals surface area (Å²) >= 11 is 0. The zero-order valence-electron chi connectivity index (χ0n) is 12.9. The smallest absolute Gasteiger partial charge is 0.315 e. The first-order valence-electron chi connectivity index (χ1n) is 7.16. The number of nitrogens with one attached hydrogen (secondary N) is 2. The van der Waals surface area contributed by atoms with Gasteiger partial charge in [-0.25, -0.2) is 4.79 Å². The second kappa shape index (κ2) is 7.90. The highest BCUT2D eigenvalue weighted by Crippen LogP contribution is 2.12. The van der Waals surface area contributed by atoms with Gasteiger partial charge in [0.15, 0.2) is 0 Å². The molecule has 1 aromatic carbocycles. The third-order valence-corrected chi connectivity index (χ3v) is 3.34. The van der Waals surface area contributed by atoms with Crippen molar-refractivity contribution in [2.24, 2.45) is 0 Å². The van der Waals surface area contributed by atoms with Crippen molar-refractivity contribution in [3.05, 3.63) is 34.9 Å². The summed E-state index contributed by atoms with van der Waals surface area (Å²) < 4.78 is 0. The van der Waals surface area contributed by atoms with Gasteiger partial charge < -0.3 is 15.7 Å². The molecule has 1 rings (SSSR count). The van der Waals surface area contributed by atoms with Gasteiger partial charge in [-0.05, 0) is 51.7 Å². The molecule has 0 bridgehead atoms. The van der Waals surface area contributed by atoms with Crippen molar-refractivity contribution in [2.45, 2.75) is 52.6 Å². The molecule has 4 nitrogen and oxygen atoms in total. The molecular weight excluding hydrogens is 252 g/mol. The molecule has 0 heterocycles. The van der Waals surface area contributed by atoms with Crippen molar-refractivity contribution in [3.63, 3.8) is 0 Å². The van der Waals surface area contributed by atoms with Gasteiger partial charge in [-0.15, -0.1) is 0 Å². The summed E-state index contributed by atoms with van der Waals surface area (Å²) in [5.74, 6) is 0. The SMILES string of the molecule is Cc1ccc(CC(C)NC(=O)N[C@H](C)CCO)c(C)c1. The van der Waals surface area contributed by atoms with Gasteiger partial charge in [0.1, 0.15) is 0 Å². The van der Waals surface area contributed by atoms with E-state index in [1.54, 1.807) is 0 Å². The normalized spacial score (nSPS) is 13.7. The zero-order chi connectivity index (χ0) is 15.1. The highest BCUT2D eigenvalue weighted by atomic mass is 16.3. The van der Waals surface area contributed by atoms with Crippen LogP contribution < -0.4 is 10.6 Å². The van der Waals surface area contributed by atoms with Crippen LogP contribution in [-0.2, 0) is 6.42 Å². The lowest BCUT2D eigenvalue weighted by atomic mass is 10.00. The van der Waals surface area contributed by atoms with Crippen molar-refractivity contribution in [1.82, 2.24) is 10.6 Å². The molecule has 1 unspecified atom stereocenters. The number of carbonyl (C=O) groups is 1. The minimum absolute atomic E-state index is 0.0201. The average Bonchev–Trinajstić information content (AvgIpc) is 2.32. The van der Waals surface area contributed by atoms with Gasteiger partial charge in [0.05, 0.1) is 0 Å². The van der Waals surface area contributed by atoms with Gasteiger partial charge >= 0.3 is 6.03 Å². The molecule has 0 aliphatic heterocycles. The molecule has 2 amide bonds. The third kappa shape index (κ3) is 5.61. The molecule has 0 saturated carbocycles. The largest absolute Gasteiger partial charge is 0.396 e. The van der Waals surface area contributed by atoms with Crippen LogP contribution in [0.4, 0.5) is 4.79 Å². The van der Waals surface area contributed by atoms with Crippen LogP contribution in [-0.4, -0.2) is 29.8 Å². The van der Waals surface area contributed by atoms with E-state index in [1.165, 1.54) is 16.7 Å². The molecule has 112 valence electrons. The molecule has 3 N–H and O–H groups in total. The van der Waals surface area contributed by atoms with Crippen molar-refractivity contribution in [3.8, 4) is 0 Å². The Morgan fingerprint density at radius 3 is 2.45 bits per heavy atom. The minimum Gasteiger partial charge on any atom is -0.396 e. The second-order valence-electron chi connectivity index (χ2n) is 5.57. The summed E-state index contributed by atoms with van der Waals surface area (Å²) in [6, 6.07) is 6.24. The summed E-state index contributed by atoms with van der Waals surface area (Å²) in [5.41, 5.74) is 3.77. The molecular formula is C16H26N2O2. The number of aryl methyl sites for hydroxylation is 2. The Balaban J connectivity index is 2.46. The molecule has 1 aromatic rings. The van der Waals surface area contributed by atoms with Gasteiger partial charge in [0.25, 0.3) is 0 Å². The number of hydrogen-bond acceptors (Lipinski definition) is 2. The Bertz CT molecular complexity index is 446. The van der Waals surface area contributed by atoms with E-state index in [0.29, 0.717) is 6.42 Å². The van der Waals surface area contributed by atoms with Crippen LogP contribution in [0.1, 0.15) is 37.0 Å². The topological polar surface area (TPSA) is 61.4 Å². The minimum atomic E-state index is -0.178. The lowest BCUT2D eigenvalue weighted by molar-refractivity contribution is 0.228. The van der Waals surface area contributed by atoms with Crippen LogP contribution >= 0.6 is 0 Å². The molecule has 0 radical (unpaired) electrons. The van der Waals surface area contributed by atoms with Gasteiger partial charge in [0.2, 0.25) is 0 Å². The lowest BCUT2D eigenvalue weighted by Crippen LogP contribution is -2.45. The van der Waals surface area contributed by atoms with Crippen molar-refractivity contribution in [1.29, 1.82) is 0 Å². The molecule has 2 atom stereocenters. The Morgan fingerprint density at radius 2 is 1.85 bits per heavy atom. The van der Waals surface area contributed by atoms with Crippen LogP contribution in [0.15, 0.2) is 18.2 Å². The Labute approximate surface area is 121 Å². The summed E-state index contributed by atoms with van der Waals surface area (Å²) in [5, 5.41) is 14.5. The molecule has 20 heavy (non-hydrogen) atoms. The van der Waals surface area contributed by atoms with E-state index in [9.17, 15) is 4.79 Å². The maximum absolute atomic E-state index is 11.8. The monoisotopic (exact) mass is 278 g/mol. The molecule has 4 heteroatoms. The molecule has 0 aliphatic rings. The number of aliphatic hydroxyl groups is 1. The highest BCUT2D eigenvalue weighted by Gasteiger charge is 2.11. The lowest BCUT2D eigenvalue weighted by Gasteiger charge is -2.18. The molecule has 0 spiro atoms. The standard InChI is InChI=1S/C16H26N2O2/c1-11-5-6-15(12(2)9-11)10-14(4)18-16(20)17-13(3)7-8-19/h5-6,9,13-14,19H,7-8,10H2,1-4H3,(H2,17,18,20)/t13-,14?/m1/s1. The first-order valence-corrected chi connectivity index (χ1v) is 7.16. The zero-order valence-corrected chi connectivity index (χ0v) is 12.9. The summed E-state index contributed by atoms with van der Waals surface area (Å²) in [7, 11) is 0. The van der Waals surface area contributed by atoms with E-state index in [4.69, 9.17) is 5.11 Å². The maximum Gasteiger partial charge on any atom is 0.315 e. The fourth-order valence-corrected chi connectivity index (χ4v) is 2.21. The van der Waals surface area contributed by atoms with Gasteiger partial charge in [-0.3, -0.25) is 0 Å². The van der Waals surface area contributed by atoms with E-state index < -0.39 is 0 Å². The Kier molecular flexibility index (Phi) is 6.52. The van der Waals surface area contributed by atoms with Crippen LogP contribution in [0, 0.1) is 13.8 Å². The average molecular weight is 278 g/mol. The van der Waals surface area contributed by atoms with Crippen molar-refractivity contribution in [2.75, 3.05) is 6.61 Å². The van der Waals surface area contributed by atoms with Crippen molar-refractivity contribution >= 4 is 6.03 Å². The quantitative estimate of drug-likeness (QED) is 0.748. The Hall–Kier alpha value is -1.55. The Morgan fingerprint density at radius 1 is 1.20 bits per heavy atom. The summed E-state index contributed by atoms with van der Waals surface area (Å²) in [6.07, 6.45) is 1.38. The van der Waals surface area contributed by atoms with Gasteiger partial charge in [0, 0.05) is 18.7 Å². The number of amides is 2. The maximum atomic E-state index is 11.8. The highest BCUT2D eigenvalue weighted by molar-refractivity contribution is 5.74. The van der Waals surface area contributed by atoms with Gasteiger partial charge in [-0.2, -0.15) is 0 Å². The molecule has 0 saturated heterocycles. The fourth-order valence-electron chi connectivity index (χ4n) is 2.21. The first kappa shape index (κ1) is 16.5. The van der Waals surface area contributed by atoms with E-state index in [-0.39, 0.29) is 24.7 Å². The predicted molar refractivity (Wildman–Crippen MR) is 81.9 cm³/mol. The van der Waals surface area contributed by atoms with Crippen LogP contribution in [0.25, 0.3) is 0 Å². The van der Waals surface area contributed by atoms with E-state index in [0.717, 1.165) is 6.42 Å². The number of aliphatic hydroxyl groups excluding tert-OH is 1. The number of urea groups is 1. The second-order valence-corrected chi connectivity index (χ2v) is 5.57. The molecule has 0 fully saturated rings. The summed E-state index contributed by atoms with van der Waals surface area (Å²) in [6.45, 7) is 8.13. The number of benzene rings is 1. The van der Waals surface area contributed by atoms with Crippen LogP contribution in [0.2, 0.25) is 0 Å². The number of rotatable bonds is 6. The molecule has 0 aromatic heterocycles. The van der Waals surface area contributed by atoms with E-state index >= 15 is 0 Å². The third-order valence-electron chi connectivity index (χ3n) is 3.34. The predicted octanol–water partition coefficient (Wildman–Crippen LogP) is 2.30. The van der Waals surface area contributed by atoms with E-state index in [2.05, 4.69) is 42.7 Å². The first-order chi connectivity index (χ1) is 9.42. The number of hydrogen-bond donors (Lipinski definition) is 3. The van der Waals surface area contributed by atoms with E-state index in [1.807, 2.05) is 13.8 Å². The van der Waals surface area contributed by atoms with Gasteiger partial charge in [-0.1, -0.05) is 23.8 Å². The molecule has 0 aliphatic carbocycles. The summed E-state index contributed by atoms with van der Waals surface area (Å²) in [4.78, 5) is 11.8. The van der Waals surface area contributed by atoms with Crippen molar-refractivity contribution < 1.29 is 9.90 Å². The van der Waals surface area contributed by atoms with Crippen LogP contribution in [0.3, 0.4) is 0 Å².